The SMILES string of the molecule is CC(C)CC(=O)N1CC[C@@H]2CNC[C@@H]21. The average molecular weight is 196 g/mol. The molecule has 1 N–H and O–H groups in total. The molecule has 2 atom stereocenters. The highest BCUT2D eigenvalue weighted by atomic mass is 16.2. The largest absolute Gasteiger partial charge is 0.338 e. The van der Waals surface area contributed by atoms with Crippen molar-refractivity contribution in [2.24, 2.45) is 11.8 Å². The van der Waals surface area contributed by atoms with Crippen LogP contribution in [0.25, 0.3) is 0 Å². The Kier molecular flexibility index (Phi) is 2.77. The van der Waals surface area contributed by atoms with E-state index in [-0.39, 0.29) is 0 Å². The highest BCUT2D eigenvalue weighted by Crippen LogP contribution is 2.27. The number of likely N-dealkylation sites (tertiary alicyclic amines) is 1. The fraction of sp³-hybridized carbons (Fsp3) is 0.909. The molecule has 2 heterocycles. The van der Waals surface area contributed by atoms with Crippen LogP contribution < -0.4 is 5.32 Å². The molecule has 2 saturated heterocycles. The van der Waals surface area contributed by atoms with Crippen molar-refractivity contribution in [1.82, 2.24) is 10.2 Å². The zero-order valence-electron chi connectivity index (χ0n) is 9.12. The standard InChI is InChI=1S/C11H20N2O/c1-8(2)5-11(14)13-4-3-9-6-12-7-10(9)13/h8-10,12H,3-7H2,1-2H3/t9-,10+/m1/s1. The zero-order chi connectivity index (χ0) is 10.1. The van der Waals surface area contributed by atoms with Crippen molar-refractivity contribution in [3.63, 3.8) is 0 Å². The number of nitrogens with one attached hydrogen (secondary N) is 1. The summed E-state index contributed by atoms with van der Waals surface area (Å²) in [7, 11) is 0. The predicted octanol–water partition coefficient (Wildman–Crippen LogP) is 0.853. The summed E-state index contributed by atoms with van der Waals surface area (Å²) in [5.74, 6) is 1.57. The quantitative estimate of drug-likeness (QED) is 0.710. The molecule has 0 aromatic heterocycles. The second-order valence-electron chi connectivity index (χ2n) is 4.96. The minimum atomic E-state index is 0.358. The van der Waals surface area contributed by atoms with Crippen LogP contribution in [0.2, 0.25) is 0 Å². The summed E-state index contributed by atoms with van der Waals surface area (Å²) in [6.45, 7) is 7.32. The van der Waals surface area contributed by atoms with Gasteiger partial charge >= 0.3 is 0 Å². The number of nitrogens with zero attached hydrogens (tertiary/aromatic N) is 1. The van der Waals surface area contributed by atoms with Gasteiger partial charge in [-0.2, -0.15) is 0 Å². The Bertz CT molecular complexity index is 227. The summed E-state index contributed by atoms with van der Waals surface area (Å²) in [5, 5.41) is 3.37. The summed E-state index contributed by atoms with van der Waals surface area (Å²) >= 11 is 0. The normalized spacial score (nSPS) is 31.2. The van der Waals surface area contributed by atoms with Crippen LogP contribution in [-0.2, 0) is 4.79 Å². The van der Waals surface area contributed by atoms with Crippen molar-refractivity contribution in [2.75, 3.05) is 19.6 Å². The van der Waals surface area contributed by atoms with E-state index < -0.39 is 0 Å². The first kappa shape index (κ1) is 9.97. The molecule has 0 spiro atoms. The summed E-state index contributed by atoms with van der Waals surface area (Å²) in [4.78, 5) is 14.0. The lowest BCUT2D eigenvalue weighted by Crippen LogP contribution is -2.39. The van der Waals surface area contributed by atoms with Gasteiger partial charge in [0.05, 0.1) is 0 Å². The average Bonchev–Trinajstić information content (AvgIpc) is 2.59. The second-order valence-corrected chi connectivity index (χ2v) is 4.96. The van der Waals surface area contributed by atoms with Gasteiger partial charge in [-0.3, -0.25) is 4.79 Å². The van der Waals surface area contributed by atoms with E-state index in [4.69, 9.17) is 0 Å². The van der Waals surface area contributed by atoms with Crippen LogP contribution in [0.1, 0.15) is 26.7 Å². The first-order valence-electron chi connectivity index (χ1n) is 5.68. The third-order valence-electron chi connectivity index (χ3n) is 3.35. The molecule has 2 aliphatic rings. The van der Waals surface area contributed by atoms with Gasteiger partial charge in [-0.25, -0.2) is 0 Å². The molecule has 0 unspecified atom stereocenters. The lowest BCUT2D eigenvalue weighted by molar-refractivity contribution is -0.132. The van der Waals surface area contributed by atoms with Crippen molar-refractivity contribution in [3.05, 3.63) is 0 Å². The maximum absolute atomic E-state index is 11.9. The summed E-state index contributed by atoms with van der Waals surface area (Å²) in [6, 6.07) is 0.501. The van der Waals surface area contributed by atoms with E-state index in [1.807, 2.05) is 0 Å². The van der Waals surface area contributed by atoms with Gasteiger partial charge in [-0.05, 0) is 18.3 Å². The first-order valence-corrected chi connectivity index (χ1v) is 5.68. The molecular formula is C11H20N2O. The smallest absolute Gasteiger partial charge is 0.223 e. The zero-order valence-corrected chi connectivity index (χ0v) is 9.12. The van der Waals surface area contributed by atoms with Crippen LogP contribution in [-0.4, -0.2) is 36.5 Å². The Hall–Kier alpha value is -0.570. The molecule has 0 aromatic rings. The molecule has 3 nitrogen and oxygen atoms in total. The molecule has 14 heavy (non-hydrogen) atoms. The van der Waals surface area contributed by atoms with Crippen LogP contribution in [0.5, 0.6) is 0 Å². The second kappa shape index (κ2) is 3.89. The van der Waals surface area contributed by atoms with E-state index in [0.29, 0.717) is 24.3 Å². The molecule has 2 rings (SSSR count). The molecule has 0 radical (unpaired) electrons. The van der Waals surface area contributed by atoms with E-state index in [9.17, 15) is 4.79 Å². The number of amides is 1. The fourth-order valence-corrected chi connectivity index (χ4v) is 2.63. The number of hydrogen-bond acceptors (Lipinski definition) is 2. The number of fused-ring (bicyclic) bond motifs is 1. The van der Waals surface area contributed by atoms with E-state index in [1.54, 1.807) is 0 Å². The highest BCUT2D eigenvalue weighted by Gasteiger charge is 2.39. The van der Waals surface area contributed by atoms with Crippen molar-refractivity contribution < 1.29 is 4.79 Å². The van der Waals surface area contributed by atoms with Gasteiger partial charge in [0, 0.05) is 32.1 Å². The monoisotopic (exact) mass is 196 g/mol. The fourth-order valence-electron chi connectivity index (χ4n) is 2.63. The van der Waals surface area contributed by atoms with Gasteiger partial charge in [0.25, 0.3) is 0 Å². The van der Waals surface area contributed by atoms with E-state index in [2.05, 4.69) is 24.1 Å². The van der Waals surface area contributed by atoms with E-state index >= 15 is 0 Å². The van der Waals surface area contributed by atoms with Crippen molar-refractivity contribution >= 4 is 5.91 Å². The van der Waals surface area contributed by atoms with Gasteiger partial charge in [-0.1, -0.05) is 13.8 Å². The minimum absolute atomic E-state index is 0.358. The lowest BCUT2D eigenvalue weighted by Gasteiger charge is -2.24. The maximum atomic E-state index is 11.9. The Labute approximate surface area is 85.8 Å². The lowest BCUT2D eigenvalue weighted by atomic mass is 10.0. The van der Waals surface area contributed by atoms with E-state index in [0.717, 1.165) is 25.6 Å². The first-order chi connectivity index (χ1) is 6.68. The molecule has 2 fully saturated rings. The topological polar surface area (TPSA) is 32.3 Å². The molecule has 0 aliphatic carbocycles. The van der Waals surface area contributed by atoms with Crippen LogP contribution in [0, 0.1) is 11.8 Å². The highest BCUT2D eigenvalue weighted by molar-refractivity contribution is 5.77. The van der Waals surface area contributed by atoms with Crippen molar-refractivity contribution in [1.29, 1.82) is 0 Å². The van der Waals surface area contributed by atoms with Gasteiger partial charge < -0.3 is 10.2 Å². The molecule has 80 valence electrons. The minimum Gasteiger partial charge on any atom is -0.338 e. The van der Waals surface area contributed by atoms with Gasteiger partial charge in [0.15, 0.2) is 0 Å². The Morgan fingerprint density at radius 3 is 3.00 bits per heavy atom. The van der Waals surface area contributed by atoms with E-state index in [1.165, 1.54) is 6.42 Å². The Balaban J connectivity index is 1.94. The number of carbonyl (C=O) groups is 1. The molecule has 3 heteroatoms. The molecular weight excluding hydrogens is 176 g/mol. The summed E-state index contributed by atoms with van der Waals surface area (Å²) < 4.78 is 0. The van der Waals surface area contributed by atoms with Crippen LogP contribution in [0.4, 0.5) is 0 Å². The van der Waals surface area contributed by atoms with Crippen molar-refractivity contribution in [2.45, 2.75) is 32.7 Å². The van der Waals surface area contributed by atoms with Crippen LogP contribution >= 0.6 is 0 Å². The molecule has 1 amide bonds. The number of carbonyl (C=O) groups excluding carboxylic acids is 1. The summed E-state index contributed by atoms with van der Waals surface area (Å²) in [6.07, 6.45) is 1.91. The van der Waals surface area contributed by atoms with Crippen molar-refractivity contribution in [3.8, 4) is 0 Å². The van der Waals surface area contributed by atoms with Gasteiger partial charge in [0.2, 0.25) is 5.91 Å². The third-order valence-corrected chi connectivity index (χ3v) is 3.35. The van der Waals surface area contributed by atoms with Crippen LogP contribution in [0.15, 0.2) is 0 Å². The van der Waals surface area contributed by atoms with Gasteiger partial charge in [0.1, 0.15) is 0 Å². The number of hydrogen-bond donors (Lipinski definition) is 1. The Morgan fingerprint density at radius 2 is 2.29 bits per heavy atom. The van der Waals surface area contributed by atoms with Crippen LogP contribution in [0.3, 0.4) is 0 Å². The molecule has 0 saturated carbocycles. The third kappa shape index (κ3) is 1.78. The number of rotatable bonds is 2. The maximum Gasteiger partial charge on any atom is 0.223 e. The molecule has 0 aromatic carbocycles. The predicted molar refractivity (Wildman–Crippen MR) is 55.9 cm³/mol. The summed E-state index contributed by atoms with van der Waals surface area (Å²) in [5.41, 5.74) is 0. The van der Waals surface area contributed by atoms with Gasteiger partial charge in [-0.15, -0.1) is 0 Å². The molecule has 2 aliphatic heterocycles. The molecule has 0 bridgehead atoms. The Morgan fingerprint density at radius 1 is 1.50 bits per heavy atom.